The number of amides is 1. The second-order valence-corrected chi connectivity index (χ2v) is 8.17. The number of carbonyl (C=O) groups excluding carboxylic acids is 1. The Morgan fingerprint density at radius 1 is 1.20 bits per heavy atom. The molecule has 0 aliphatic carbocycles. The standard InChI is InChI=1S/C20H19BrClN7O/c1-13-19(22)14(2)29(25-13)12-27-7-6-18(26-27)20(30)24-17-5-3-4-15(8-17)10-28-11-16(21)9-23-28/h3-9,11H,10,12H2,1-2H3,(H,24,30). The van der Waals surface area contributed by atoms with E-state index in [1.54, 1.807) is 27.8 Å². The molecular formula is C20H19BrClN7O. The van der Waals surface area contributed by atoms with Crippen molar-refractivity contribution < 1.29 is 4.79 Å². The number of hydrogen-bond donors (Lipinski definition) is 1. The summed E-state index contributed by atoms with van der Waals surface area (Å²) in [5.74, 6) is -0.279. The Bertz CT molecular complexity index is 1210. The monoisotopic (exact) mass is 487 g/mol. The van der Waals surface area contributed by atoms with Gasteiger partial charge in [-0.2, -0.15) is 15.3 Å². The van der Waals surface area contributed by atoms with Crippen LogP contribution in [0.2, 0.25) is 5.02 Å². The summed E-state index contributed by atoms with van der Waals surface area (Å²) in [6.45, 7) is 4.73. The van der Waals surface area contributed by atoms with E-state index in [1.165, 1.54) is 0 Å². The molecule has 1 aromatic carbocycles. The van der Waals surface area contributed by atoms with Gasteiger partial charge in [0, 0.05) is 18.1 Å². The first-order valence-electron chi connectivity index (χ1n) is 9.20. The largest absolute Gasteiger partial charge is 0.321 e. The fourth-order valence-electron chi connectivity index (χ4n) is 3.07. The van der Waals surface area contributed by atoms with E-state index < -0.39 is 0 Å². The van der Waals surface area contributed by atoms with Gasteiger partial charge in [-0.25, -0.2) is 4.68 Å². The average Bonchev–Trinajstić information content (AvgIpc) is 3.40. The van der Waals surface area contributed by atoms with E-state index in [0.717, 1.165) is 21.4 Å². The molecule has 4 rings (SSSR count). The molecule has 0 unspecified atom stereocenters. The summed E-state index contributed by atoms with van der Waals surface area (Å²) in [6, 6.07) is 9.32. The maximum absolute atomic E-state index is 12.6. The average molecular weight is 489 g/mol. The zero-order valence-electron chi connectivity index (χ0n) is 16.4. The van der Waals surface area contributed by atoms with Crippen molar-refractivity contribution in [3.63, 3.8) is 0 Å². The number of benzene rings is 1. The first-order valence-corrected chi connectivity index (χ1v) is 10.4. The van der Waals surface area contributed by atoms with Crippen LogP contribution in [0, 0.1) is 13.8 Å². The third-order valence-corrected chi connectivity index (χ3v) is 5.53. The van der Waals surface area contributed by atoms with Crippen molar-refractivity contribution in [3.8, 4) is 0 Å². The lowest BCUT2D eigenvalue weighted by Gasteiger charge is -2.07. The first-order chi connectivity index (χ1) is 14.4. The Kier molecular flexibility index (Phi) is 5.74. The second kappa shape index (κ2) is 8.45. The van der Waals surface area contributed by atoms with Gasteiger partial charge in [0.05, 0.1) is 33.6 Å². The summed E-state index contributed by atoms with van der Waals surface area (Å²) in [5, 5.41) is 16.5. The van der Waals surface area contributed by atoms with Gasteiger partial charge in [0.1, 0.15) is 6.67 Å². The van der Waals surface area contributed by atoms with Crippen molar-refractivity contribution in [3.05, 3.63) is 81.1 Å². The molecular weight excluding hydrogens is 470 g/mol. The molecule has 30 heavy (non-hydrogen) atoms. The van der Waals surface area contributed by atoms with Gasteiger partial charge in [0.15, 0.2) is 5.69 Å². The van der Waals surface area contributed by atoms with Crippen LogP contribution in [0.1, 0.15) is 27.4 Å². The zero-order valence-corrected chi connectivity index (χ0v) is 18.7. The molecule has 4 aromatic rings. The quantitative estimate of drug-likeness (QED) is 0.443. The predicted molar refractivity (Wildman–Crippen MR) is 118 cm³/mol. The Hall–Kier alpha value is -2.91. The predicted octanol–water partition coefficient (Wildman–Crippen LogP) is 4.12. The van der Waals surface area contributed by atoms with E-state index in [2.05, 4.69) is 36.5 Å². The van der Waals surface area contributed by atoms with Gasteiger partial charge in [-0.3, -0.25) is 14.2 Å². The van der Waals surface area contributed by atoms with Crippen molar-refractivity contribution in [2.24, 2.45) is 0 Å². The molecule has 0 atom stereocenters. The minimum atomic E-state index is -0.279. The molecule has 0 bridgehead atoms. The van der Waals surface area contributed by atoms with Crippen LogP contribution in [0.25, 0.3) is 0 Å². The minimum Gasteiger partial charge on any atom is -0.321 e. The number of aryl methyl sites for hydroxylation is 1. The third-order valence-electron chi connectivity index (χ3n) is 4.58. The number of aromatic nitrogens is 6. The van der Waals surface area contributed by atoms with Crippen LogP contribution >= 0.6 is 27.5 Å². The van der Waals surface area contributed by atoms with Crippen LogP contribution in [0.3, 0.4) is 0 Å². The van der Waals surface area contributed by atoms with Gasteiger partial charge in [-0.05, 0) is 53.5 Å². The highest BCUT2D eigenvalue weighted by Crippen LogP contribution is 2.19. The number of anilines is 1. The summed E-state index contributed by atoms with van der Waals surface area (Å²) in [5.41, 5.74) is 3.67. The molecule has 0 aliphatic heterocycles. The van der Waals surface area contributed by atoms with Gasteiger partial charge in [-0.1, -0.05) is 23.7 Å². The molecule has 3 aromatic heterocycles. The number of rotatable bonds is 6. The van der Waals surface area contributed by atoms with Gasteiger partial charge < -0.3 is 5.32 Å². The third kappa shape index (κ3) is 4.47. The molecule has 0 fully saturated rings. The molecule has 0 radical (unpaired) electrons. The fraction of sp³-hybridized carbons (Fsp3) is 0.200. The Balaban J connectivity index is 1.43. The van der Waals surface area contributed by atoms with Crippen LogP contribution in [0.4, 0.5) is 5.69 Å². The zero-order chi connectivity index (χ0) is 21.3. The molecule has 1 N–H and O–H groups in total. The molecule has 8 nitrogen and oxygen atoms in total. The number of carbonyl (C=O) groups is 1. The Morgan fingerprint density at radius 2 is 2.03 bits per heavy atom. The van der Waals surface area contributed by atoms with Gasteiger partial charge in [0.2, 0.25) is 0 Å². The van der Waals surface area contributed by atoms with Gasteiger partial charge >= 0.3 is 0 Å². The maximum Gasteiger partial charge on any atom is 0.276 e. The number of nitrogens with zero attached hydrogens (tertiary/aromatic N) is 6. The maximum atomic E-state index is 12.6. The second-order valence-electron chi connectivity index (χ2n) is 6.88. The molecule has 0 saturated heterocycles. The Labute approximate surface area is 186 Å². The highest BCUT2D eigenvalue weighted by Gasteiger charge is 2.13. The van der Waals surface area contributed by atoms with E-state index >= 15 is 0 Å². The molecule has 0 saturated carbocycles. The summed E-state index contributed by atoms with van der Waals surface area (Å²) in [4.78, 5) is 12.6. The highest BCUT2D eigenvalue weighted by atomic mass is 79.9. The molecule has 10 heteroatoms. The number of halogens is 2. The molecule has 0 aliphatic rings. The van der Waals surface area contributed by atoms with E-state index in [0.29, 0.717) is 29.6 Å². The van der Waals surface area contributed by atoms with Crippen LogP contribution in [0.15, 0.2) is 53.4 Å². The van der Waals surface area contributed by atoms with Gasteiger partial charge in [-0.15, -0.1) is 0 Å². The summed E-state index contributed by atoms with van der Waals surface area (Å²) in [6.07, 6.45) is 5.38. The van der Waals surface area contributed by atoms with E-state index in [-0.39, 0.29) is 5.91 Å². The lowest BCUT2D eigenvalue weighted by Crippen LogP contribution is -2.16. The summed E-state index contributed by atoms with van der Waals surface area (Å²) in [7, 11) is 0. The number of nitrogens with one attached hydrogen (secondary N) is 1. The van der Waals surface area contributed by atoms with Crippen molar-refractivity contribution in [1.82, 2.24) is 29.3 Å². The van der Waals surface area contributed by atoms with Crippen molar-refractivity contribution in [1.29, 1.82) is 0 Å². The summed E-state index contributed by atoms with van der Waals surface area (Å²) >= 11 is 9.58. The SMILES string of the molecule is Cc1nn(Cn2ccc(C(=O)Nc3cccc(Cn4cc(Br)cn4)c3)n2)c(C)c1Cl. The van der Waals surface area contributed by atoms with E-state index in [4.69, 9.17) is 11.6 Å². The summed E-state index contributed by atoms with van der Waals surface area (Å²) < 4.78 is 6.14. The smallest absolute Gasteiger partial charge is 0.276 e. The Morgan fingerprint density at radius 3 is 2.73 bits per heavy atom. The normalized spacial score (nSPS) is 11.1. The molecule has 3 heterocycles. The lowest BCUT2D eigenvalue weighted by atomic mass is 10.2. The topological polar surface area (TPSA) is 82.6 Å². The van der Waals surface area contributed by atoms with Crippen LogP contribution in [-0.4, -0.2) is 35.2 Å². The molecule has 0 spiro atoms. The fourth-order valence-corrected chi connectivity index (χ4v) is 3.53. The molecule has 154 valence electrons. The van der Waals surface area contributed by atoms with Gasteiger partial charge in [0.25, 0.3) is 5.91 Å². The van der Waals surface area contributed by atoms with Crippen LogP contribution < -0.4 is 5.32 Å². The highest BCUT2D eigenvalue weighted by molar-refractivity contribution is 9.10. The van der Waals surface area contributed by atoms with Crippen LogP contribution in [-0.2, 0) is 13.2 Å². The van der Waals surface area contributed by atoms with Crippen molar-refractivity contribution in [2.45, 2.75) is 27.1 Å². The van der Waals surface area contributed by atoms with Crippen LogP contribution in [0.5, 0.6) is 0 Å². The minimum absolute atomic E-state index is 0.279. The number of hydrogen-bond acceptors (Lipinski definition) is 4. The lowest BCUT2D eigenvalue weighted by molar-refractivity contribution is 0.102. The van der Waals surface area contributed by atoms with E-state index in [9.17, 15) is 4.79 Å². The first kappa shape index (κ1) is 20.4. The van der Waals surface area contributed by atoms with Crippen molar-refractivity contribution in [2.75, 3.05) is 5.32 Å². The van der Waals surface area contributed by atoms with Crippen molar-refractivity contribution >= 4 is 39.1 Å². The molecule has 1 amide bonds. The van der Waals surface area contributed by atoms with E-state index in [1.807, 2.05) is 49.0 Å².